The van der Waals surface area contributed by atoms with E-state index in [1.165, 1.54) is 6.40 Å². The number of primary amides is 1. The Bertz CT molecular complexity index is 626. The van der Waals surface area contributed by atoms with E-state index >= 15 is 0 Å². The lowest BCUT2D eigenvalue weighted by Crippen LogP contribution is -2.26. The minimum absolute atomic E-state index is 0.209. The quantitative estimate of drug-likeness (QED) is 0.920. The van der Waals surface area contributed by atoms with Gasteiger partial charge < -0.3 is 15.3 Å². The zero-order valence-electron chi connectivity index (χ0n) is 11.7. The average Bonchev–Trinajstić information content (AvgIpc) is 3.39. The molecule has 1 aliphatic rings. The van der Waals surface area contributed by atoms with Crippen LogP contribution in [0.1, 0.15) is 11.5 Å². The largest absolute Gasteiger partial charge is 0.492 e. The molecule has 6 heteroatoms. The van der Waals surface area contributed by atoms with Crippen molar-refractivity contribution in [2.24, 2.45) is 10.9 Å². The molecule has 5 nitrogen and oxygen atoms in total. The van der Waals surface area contributed by atoms with Gasteiger partial charge >= 0.3 is 0 Å². The summed E-state index contributed by atoms with van der Waals surface area (Å²) in [6, 6.07) is 16.3. The fourth-order valence-electron chi connectivity index (χ4n) is 1.74. The lowest BCUT2D eigenvalue weighted by Gasteiger charge is -2.15. The lowest BCUT2D eigenvalue weighted by atomic mass is 10.00. The fourth-order valence-corrected chi connectivity index (χ4v) is 1.86. The molecule has 1 aliphatic heterocycles. The standard InChI is InChI=1S/C15H14ClNO2.CHNO/c16-12-6-8-13(9-7-12)19-10-14(15(17)18)11-4-2-1-3-5-11;1-2-3-1/h1-9,14H,10H2,(H2,17,18);1H. The van der Waals surface area contributed by atoms with E-state index in [0.29, 0.717) is 10.8 Å². The molecule has 2 N–H and O–H groups in total. The number of carbonyl (C=O) groups is 1. The van der Waals surface area contributed by atoms with Gasteiger partial charge in [0.2, 0.25) is 12.3 Å². The summed E-state index contributed by atoms with van der Waals surface area (Å²) in [7, 11) is 0. The third-order valence-corrected chi connectivity index (χ3v) is 3.13. The number of oxime groups is 1. The molecule has 3 rings (SSSR count). The van der Waals surface area contributed by atoms with Gasteiger partial charge in [-0.05, 0) is 35.0 Å². The van der Waals surface area contributed by atoms with E-state index in [0.717, 1.165) is 5.56 Å². The molecule has 2 aromatic carbocycles. The Morgan fingerprint density at radius 2 is 1.77 bits per heavy atom. The molecular weight excluding hydrogens is 304 g/mol. The Balaban J connectivity index is 0.000000523. The van der Waals surface area contributed by atoms with Gasteiger partial charge in [0, 0.05) is 5.02 Å². The summed E-state index contributed by atoms with van der Waals surface area (Å²) >= 11 is 5.79. The fraction of sp³-hybridized carbons (Fsp3) is 0.125. The van der Waals surface area contributed by atoms with Crippen molar-refractivity contribution in [3.8, 4) is 5.75 Å². The molecule has 0 radical (unpaired) electrons. The van der Waals surface area contributed by atoms with Crippen LogP contribution < -0.4 is 10.5 Å². The first-order chi connectivity index (χ1) is 10.7. The minimum atomic E-state index is -0.461. The molecule has 114 valence electrons. The van der Waals surface area contributed by atoms with Crippen LogP contribution in [0.4, 0.5) is 0 Å². The molecule has 22 heavy (non-hydrogen) atoms. The third kappa shape index (κ3) is 5.46. The topological polar surface area (TPSA) is 77.2 Å². The molecule has 0 aromatic heterocycles. The summed E-state index contributed by atoms with van der Waals surface area (Å²) in [5.74, 6) is -0.205. The maximum Gasteiger partial charge on any atom is 0.249 e. The highest BCUT2D eigenvalue weighted by Crippen LogP contribution is 2.20. The monoisotopic (exact) mass is 318 g/mol. The van der Waals surface area contributed by atoms with Gasteiger partial charge in [-0.2, -0.15) is 0 Å². The highest BCUT2D eigenvalue weighted by Gasteiger charge is 2.18. The summed E-state index contributed by atoms with van der Waals surface area (Å²) in [6.07, 6.45) is 1.38. The Morgan fingerprint density at radius 3 is 2.27 bits per heavy atom. The molecule has 2 aromatic rings. The number of halogens is 1. The van der Waals surface area contributed by atoms with Crippen LogP contribution >= 0.6 is 11.6 Å². The van der Waals surface area contributed by atoms with E-state index < -0.39 is 11.8 Å². The van der Waals surface area contributed by atoms with E-state index in [9.17, 15) is 4.79 Å². The van der Waals surface area contributed by atoms with Crippen LogP contribution in [0.25, 0.3) is 0 Å². The number of carbonyl (C=O) groups excluding carboxylic acids is 1. The summed E-state index contributed by atoms with van der Waals surface area (Å²) in [5, 5.41) is 3.77. The number of nitrogens with two attached hydrogens (primary N) is 1. The molecule has 0 spiro atoms. The Morgan fingerprint density at radius 1 is 1.18 bits per heavy atom. The van der Waals surface area contributed by atoms with Crippen molar-refractivity contribution < 1.29 is 14.4 Å². The maximum atomic E-state index is 11.5. The lowest BCUT2D eigenvalue weighted by molar-refractivity contribution is -0.120. The summed E-state index contributed by atoms with van der Waals surface area (Å²) < 4.78 is 5.58. The van der Waals surface area contributed by atoms with Crippen molar-refractivity contribution in [1.82, 2.24) is 0 Å². The number of ether oxygens (including phenoxy) is 1. The molecular formula is C16H15ClN2O3. The van der Waals surface area contributed by atoms with Crippen molar-refractivity contribution in [3.63, 3.8) is 0 Å². The van der Waals surface area contributed by atoms with Gasteiger partial charge in [0.1, 0.15) is 12.4 Å². The van der Waals surface area contributed by atoms with Crippen LogP contribution in [0.2, 0.25) is 5.02 Å². The molecule has 1 atom stereocenters. The predicted molar refractivity (Wildman–Crippen MR) is 84.9 cm³/mol. The molecule has 1 heterocycles. The van der Waals surface area contributed by atoms with Gasteiger partial charge in [-0.25, -0.2) is 0 Å². The van der Waals surface area contributed by atoms with Crippen molar-refractivity contribution >= 4 is 23.9 Å². The van der Waals surface area contributed by atoms with E-state index in [-0.39, 0.29) is 6.61 Å². The second-order valence-corrected chi connectivity index (χ2v) is 4.88. The van der Waals surface area contributed by atoms with Gasteiger partial charge in [-0.1, -0.05) is 41.9 Å². The maximum absolute atomic E-state index is 11.5. The Kier molecular flexibility index (Phi) is 5.80. The van der Waals surface area contributed by atoms with Gasteiger partial charge in [0.25, 0.3) is 0 Å². The van der Waals surface area contributed by atoms with Gasteiger partial charge in [0.05, 0.1) is 5.92 Å². The number of benzene rings is 2. The molecule has 0 saturated carbocycles. The molecule has 0 fully saturated rings. The van der Waals surface area contributed by atoms with Crippen molar-refractivity contribution in [2.45, 2.75) is 5.92 Å². The normalized spacial score (nSPS) is 12.4. The first kappa shape index (κ1) is 15.9. The van der Waals surface area contributed by atoms with Crippen LogP contribution in [-0.4, -0.2) is 18.9 Å². The molecule has 0 aliphatic carbocycles. The SMILES string of the molecule is C1=NO1.NC(=O)C(COc1ccc(Cl)cc1)c1ccccc1. The number of amides is 1. The van der Waals surface area contributed by atoms with Crippen LogP contribution in [0.15, 0.2) is 59.8 Å². The Hall–Kier alpha value is -2.53. The van der Waals surface area contributed by atoms with E-state index in [2.05, 4.69) is 9.99 Å². The number of nitrogens with zero attached hydrogens (tertiary/aromatic N) is 1. The first-order valence-corrected chi connectivity index (χ1v) is 6.95. The first-order valence-electron chi connectivity index (χ1n) is 6.57. The molecule has 1 unspecified atom stereocenters. The molecule has 1 amide bonds. The van der Waals surface area contributed by atoms with Crippen molar-refractivity contribution in [2.75, 3.05) is 6.61 Å². The summed E-state index contributed by atoms with van der Waals surface area (Å²) in [4.78, 5) is 15.5. The third-order valence-electron chi connectivity index (χ3n) is 2.88. The smallest absolute Gasteiger partial charge is 0.249 e. The summed E-state index contributed by atoms with van der Waals surface area (Å²) in [5.41, 5.74) is 6.27. The number of rotatable bonds is 5. The molecule has 0 saturated heterocycles. The number of hydrogen-bond acceptors (Lipinski definition) is 4. The highest BCUT2D eigenvalue weighted by atomic mass is 35.5. The Labute approximate surface area is 133 Å². The molecule has 0 bridgehead atoms. The second kappa shape index (κ2) is 8.05. The second-order valence-electron chi connectivity index (χ2n) is 4.45. The van der Waals surface area contributed by atoms with Crippen molar-refractivity contribution in [1.29, 1.82) is 0 Å². The van der Waals surface area contributed by atoms with Gasteiger partial charge in [0.15, 0.2) is 0 Å². The minimum Gasteiger partial charge on any atom is -0.492 e. The van der Waals surface area contributed by atoms with Gasteiger partial charge in [-0.3, -0.25) is 4.79 Å². The van der Waals surface area contributed by atoms with E-state index in [4.69, 9.17) is 22.1 Å². The average molecular weight is 319 g/mol. The predicted octanol–water partition coefficient (Wildman–Crippen LogP) is 2.95. The van der Waals surface area contributed by atoms with Crippen LogP contribution in [0.3, 0.4) is 0 Å². The van der Waals surface area contributed by atoms with Crippen LogP contribution in [0.5, 0.6) is 5.75 Å². The number of hydrogen-bond donors (Lipinski definition) is 1. The van der Waals surface area contributed by atoms with E-state index in [1.54, 1.807) is 24.3 Å². The van der Waals surface area contributed by atoms with E-state index in [1.807, 2.05) is 30.3 Å². The van der Waals surface area contributed by atoms with Crippen molar-refractivity contribution in [3.05, 3.63) is 65.2 Å². The summed E-state index contributed by atoms with van der Waals surface area (Å²) in [6.45, 7) is 0.209. The zero-order chi connectivity index (χ0) is 15.8. The van der Waals surface area contributed by atoms with Gasteiger partial charge in [-0.15, -0.1) is 0 Å². The van der Waals surface area contributed by atoms with Crippen LogP contribution in [0, 0.1) is 0 Å². The highest BCUT2D eigenvalue weighted by molar-refractivity contribution is 6.30. The van der Waals surface area contributed by atoms with Crippen LogP contribution in [-0.2, 0) is 9.63 Å². The zero-order valence-corrected chi connectivity index (χ0v) is 12.4.